The van der Waals surface area contributed by atoms with Gasteiger partial charge in [0.05, 0.1) is 19.7 Å². The zero-order valence-corrected chi connectivity index (χ0v) is 14.8. The molecular formula is C18H26N2O4. The van der Waals surface area contributed by atoms with Gasteiger partial charge in [-0.1, -0.05) is 30.3 Å². The zero-order valence-electron chi connectivity index (χ0n) is 14.8. The summed E-state index contributed by atoms with van der Waals surface area (Å²) in [4.78, 5) is 27.8. The van der Waals surface area contributed by atoms with Crippen molar-refractivity contribution in [3.63, 3.8) is 0 Å². The van der Waals surface area contributed by atoms with Crippen molar-refractivity contribution in [3.05, 3.63) is 35.9 Å². The lowest BCUT2D eigenvalue weighted by molar-refractivity contribution is -0.143. The van der Waals surface area contributed by atoms with Gasteiger partial charge in [0, 0.05) is 19.6 Å². The van der Waals surface area contributed by atoms with Gasteiger partial charge in [0.1, 0.15) is 5.60 Å². The Hall–Kier alpha value is -2.08. The summed E-state index contributed by atoms with van der Waals surface area (Å²) >= 11 is 0. The van der Waals surface area contributed by atoms with E-state index >= 15 is 0 Å². The van der Waals surface area contributed by atoms with Gasteiger partial charge in [-0.05, 0) is 26.3 Å². The molecule has 2 rings (SSSR count). The third kappa shape index (κ3) is 4.96. The van der Waals surface area contributed by atoms with Gasteiger partial charge in [-0.2, -0.15) is 0 Å². The number of methoxy groups -OCH3 is 1. The highest BCUT2D eigenvalue weighted by atomic mass is 16.6. The molecule has 6 nitrogen and oxygen atoms in total. The van der Waals surface area contributed by atoms with Gasteiger partial charge >= 0.3 is 12.1 Å². The second-order valence-electron chi connectivity index (χ2n) is 6.90. The fourth-order valence-corrected chi connectivity index (χ4v) is 2.72. The molecule has 0 saturated carbocycles. The minimum absolute atomic E-state index is 0.0634. The van der Waals surface area contributed by atoms with E-state index in [1.807, 2.05) is 56.0 Å². The third-order valence-corrected chi connectivity index (χ3v) is 3.89. The molecule has 1 amide bonds. The van der Waals surface area contributed by atoms with Gasteiger partial charge in [-0.3, -0.25) is 9.69 Å². The molecular weight excluding hydrogens is 308 g/mol. The molecule has 0 N–H and O–H groups in total. The summed E-state index contributed by atoms with van der Waals surface area (Å²) < 4.78 is 10.3. The third-order valence-electron chi connectivity index (χ3n) is 3.89. The summed E-state index contributed by atoms with van der Waals surface area (Å²) in [5.74, 6) is -0.276. The Morgan fingerprint density at radius 2 is 1.83 bits per heavy atom. The van der Waals surface area contributed by atoms with E-state index in [9.17, 15) is 9.59 Å². The number of amides is 1. The lowest BCUT2D eigenvalue weighted by Crippen LogP contribution is -2.52. The van der Waals surface area contributed by atoms with E-state index in [2.05, 4.69) is 0 Å². The van der Waals surface area contributed by atoms with E-state index < -0.39 is 5.60 Å². The van der Waals surface area contributed by atoms with Crippen molar-refractivity contribution in [1.29, 1.82) is 0 Å². The SMILES string of the molecule is COC(=O)CN1CCN(C(=O)OC(C)(C)C)CC1c1ccccc1. The zero-order chi connectivity index (χ0) is 17.7. The summed E-state index contributed by atoms with van der Waals surface area (Å²) in [6.07, 6.45) is -0.318. The number of hydrogen-bond acceptors (Lipinski definition) is 5. The van der Waals surface area contributed by atoms with Crippen molar-refractivity contribution in [2.75, 3.05) is 33.3 Å². The van der Waals surface area contributed by atoms with Crippen LogP contribution in [0, 0.1) is 0 Å². The van der Waals surface area contributed by atoms with E-state index in [-0.39, 0.29) is 24.6 Å². The van der Waals surface area contributed by atoms with Crippen LogP contribution in [-0.2, 0) is 14.3 Å². The van der Waals surface area contributed by atoms with Gasteiger partial charge in [-0.15, -0.1) is 0 Å². The minimum atomic E-state index is -0.525. The number of carbonyl (C=O) groups is 2. The van der Waals surface area contributed by atoms with Crippen LogP contribution in [-0.4, -0.2) is 60.8 Å². The Kier molecular flexibility index (Phi) is 5.83. The fraction of sp³-hybridized carbons (Fsp3) is 0.556. The Morgan fingerprint density at radius 1 is 1.17 bits per heavy atom. The van der Waals surface area contributed by atoms with Crippen molar-refractivity contribution in [2.24, 2.45) is 0 Å². The van der Waals surface area contributed by atoms with Crippen LogP contribution in [0.3, 0.4) is 0 Å². The average Bonchev–Trinajstić information content (AvgIpc) is 2.54. The first-order valence-electron chi connectivity index (χ1n) is 8.14. The average molecular weight is 334 g/mol. The maximum Gasteiger partial charge on any atom is 0.410 e. The maximum atomic E-state index is 12.4. The summed E-state index contributed by atoms with van der Waals surface area (Å²) in [6.45, 7) is 7.37. The van der Waals surface area contributed by atoms with Gasteiger partial charge in [0.25, 0.3) is 0 Å². The normalized spacial score (nSPS) is 19.0. The second kappa shape index (κ2) is 7.66. The maximum absolute atomic E-state index is 12.4. The van der Waals surface area contributed by atoms with Crippen molar-refractivity contribution in [3.8, 4) is 0 Å². The molecule has 1 unspecified atom stereocenters. The van der Waals surface area contributed by atoms with Crippen LogP contribution < -0.4 is 0 Å². The molecule has 0 aromatic heterocycles. The number of rotatable bonds is 3. The van der Waals surface area contributed by atoms with Gasteiger partial charge < -0.3 is 14.4 Å². The van der Waals surface area contributed by atoms with E-state index in [1.54, 1.807) is 4.90 Å². The standard InChI is InChI=1S/C18H26N2O4/c1-18(2,3)24-17(22)20-11-10-19(13-16(21)23-4)15(12-20)14-8-6-5-7-9-14/h5-9,15H,10-13H2,1-4H3. The molecule has 24 heavy (non-hydrogen) atoms. The topological polar surface area (TPSA) is 59.1 Å². The molecule has 0 bridgehead atoms. The van der Waals surface area contributed by atoms with E-state index in [1.165, 1.54) is 7.11 Å². The number of carbonyl (C=O) groups excluding carboxylic acids is 2. The number of benzene rings is 1. The number of esters is 1. The van der Waals surface area contributed by atoms with Gasteiger partial charge in [0.15, 0.2) is 0 Å². The van der Waals surface area contributed by atoms with Crippen molar-refractivity contribution in [2.45, 2.75) is 32.4 Å². The van der Waals surface area contributed by atoms with E-state index in [0.29, 0.717) is 19.6 Å². The van der Waals surface area contributed by atoms with Crippen LogP contribution in [0.5, 0.6) is 0 Å². The van der Waals surface area contributed by atoms with Crippen LogP contribution in [0.15, 0.2) is 30.3 Å². The lowest BCUT2D eigenvalue weighted by atomic mass is 10.0. The van der Waals surface area contributed by atoms with Crippen LogP contribution in [0.1, 0.15) is 32.4 Å². The molecule has 1 atom stereocenters. The summed E-state index contributed by atoms with van der Waals surface area (Å²) in [5.41, 5.74) is 0.539. The minimum Gasteiger partial charge on any atom is -0.468 e. The fourth-order valence-electron chi connectivity index (χ4n) is 2.72. The lowest BCUT2D eigenvalue weighted by Gasteiger charge is -2.41. The largest absolute Gasteiger partial charge is 0.468 e. The first kappa shape index (κ1) is 18.3. The van der Waals surface area contributed by atoms with Crippen molar-refractivity contribution >= 4 is 12.1 Å². The first-order chi connectivity index (χ1) is 11.3. The molecule has 1 heterocycles. The summed E-state index contributed by atoms with van der Waals surface area (Å²) in [7, 11) is 1.39. The molecule has 132 valence electrons. The quantitative estimate of drug-likeness (QED) is 0.795. The Labute approximate surface area is 143 Å². The monoisotopic (exact) mass is 334 g/mol. The molecule has 6 heteroatoms. The first-order valence-corrected chi connectivity index (χ1v) is 8.14. The highest BCUT2D eigenvalue weighted by molar-refractivity contribution is 5.72. The Morgan fingerprint density at radius 3 is 2.42 bits per heavy atom. The Bertz CT molecular complexity index is 568. The van der Waals surface area contributed by atoms with Crippen molar-refractivity contribution in [1.82, 2.24) is 9.80 Å². The number of nitrogens with zero attached hydrogens (tertiary/aromatic N) is 2. The van der Waals surface area contributed by atoms with Gasteiger partial charge in [-0.25, -0.2) is 4.79 Å². The van der Waals surface area contributed by atoms with E-state index in [0.717, 1.165) is 5.56 Å². The number of hydrogen-bond donors (Lipinski definition) is 0. The summed E-state index contributed by atoms with van der Waals surface area (Å²) in [6, 6.07) is 9.81. The second-order valence-corrected chi connectivity index (χ2v) is 6.90. The molecule has 1 aliphatic rings. The van der Waals surface area contributed by atoms with Crippen LogP contribution >= 0.6 is 0 Å². The molecule has 1 aromatic carbocycles. The molecule has 1 aliphatic heterocycles. The van der Waals surface area contributed by atoms with Crippen LogP contribution in [0.4, 0.5) is 4.79 Å². The number of ether oxygens (including phenoxy) is 2. The highest BCUT2D eigenvalue weighted by Crippen LogP contribution is 2.26. The smallest absolute Gasteiger partial charge is 0.410 e. The molecule has 0 spiro atoms. The Balaban J connectivity index is 2.15. The highest BCUT2D eigenvalue weighted by Gasteiger charge is 2.33. The molecule has 0 aliphatic carbocycles. The van der Waals surface area contributed by atoms with Crippen molar-refractivity contribution < 1.29 is 19.1 Å². The molecule has 0 radical (unpaired) electrons. The number of piperazine rings is 1. The van der Waals surface area contributed by atoms with Gasteiger partial charge in [0.2, 0.25) is 0 Å². The molecule has 1 aromatic rings. The molecule has 1 saturated heterocycles. The van der Waals surface area contributed by atoms with E-state index in [4.69, 9.17) is 9.47 Å². The molecule has 1 fully saturated rings. The van der Waals surface area contributed by atoms with Crippen LogP contribution in [0.25, 0.3) is 0 Å². The van der Waals surface area contributed by atoms with Crippen LogP contribution in [0.2, 0.25) is 0 Å². The predicted octanol–water partition coefficient (Wildman–Crippen LogP) is 2.45. The summed E-state index contributed by atoms with van der Waals surface area (Å²) in [5, 5.41) is 0. The predicted molar refractivity (Wildman–Crippen MR) is 90.6 cm³/mol.